The SMILES string of the molecule is CC1=CC(C2CC2)=N[N]1. The second kappa shape index (κ2) is 1.59. The van der Waals surface area contributed by atoms with Gasteiger partial charge >= 0.3 is 0 Å². The van der Waals surface area contributed by atoms with Gasteiger partial charge in [-0.2, -0.15) is 10.5 Å². The van der Waals surface area contributed by atoms with Crippen LogP contribution in [0.4, 0.5) is 0 Å². The van der Waals surface area contributed by atoms with Crippen LogP contribution in [0.3, 0.4) is 0 Å². The van der Waals surface area contributed by atoms with Crippen LogP contribution >= 0.6 is 0 Å². The van der Waals surface area contributed by atoms with Crippen molar-refractivity contribution in [3.8, 4) is 0 Å². The molecule has 47 valence electrons. The highest BCUT2D eigenvalue weighted by molar-refractivity contribution is 5.99. The molecule has 1 radical (unpaired) electrons. The predicted molar refractivity (Wildman–Crippen MR) is 36.1 cm³/mol. The van der Waals surface area contributed by atoms with Gasteiger partial charge < -0.3 is 0 Å². The summed E-state index contributed by atoms with van der Waals surface area (Å²) in [5.41, 5.74) is 6.18. The number of rotatable bonds is 1. The van der Waals surface area contributed by atoms with Crippen molar-refractivity contribution in [2.75, 3.05) is 0 Å². The molecule has 0 amide bonds. The molecular weight excluding hydrogens is 112 g/mol. The second-order valence-electron chi connectivity index (χ2n) is 2.68. The summed E-state index contributed by atoms with van der Waals surface area (Å²) in [6.07, 6.45) is 4.72. The first-order chi connectivity index (χ1) is 4.36. The Morgan fingerprint density at radius 3 is 2.78 bits per heavy atom. The molecule has 0 N–H and O–H groups in total. The molecule has 0 spiro atoms. The number of hydrogen-bond donors (Lipinski definition) is 0. The molecule has 2 heteroatoms. The monoisotopic (exact) mass is 121 g/mol. The standard InChI is InChI=1S/C7H9N2/c1-5-4-7(9-8-5)6-2-3-6/h4,6H,2-3H2,1H3. The third-order valence-corrected chi connectivity index (χ3v) is 1.68. The molecule has 1 aliphatic carbocycles. The molecule has 0 unspecified atom stereocenters. The summed E-state index contributed by atoms with van der Waals surface area (Å²) >= 11 is 0. The Labute approximate surface area is 54.6 Å². The molecule has 0 aromatic heterocycles. The molecule has 2 nitrogen and oxygen atoms in total. The van der Waals surface area contributed by atoms with Gasteiger partial charge in [-0.3, -0.25) is 0 Å². The zero-order chi connectivity index (χ0) is 6.27. The van der Waals surface area contributed by atoms with E-state index >= 15 is 0 Å². The Hall–Kier alpha value is -0.790. The van der Waals surface area contributed by atoms with Gasteiger partial charge in [0.05, 0.1) is 11.4 Å². The minimum Gasteiger partial charge on any atom is -0.156 e. The fourth-order valence-corrected chi connectivity index (χ4v) is 0.987. The summed E-state index contributed by atoms with van der Waals surface area (Å²) in [6.45, 7) is 1.98. The highest BCUT2D eigenvalue weighted by atomic mass is 15.3. The molecule has 1 fully saturated rings. The Balaban J connectivity index is 2.12. The lowest BCUT2D eigenvalue weighted by molar-refractivity contribution is 0.888. The molecule has 1 saturated carbocycles. The lowest BCUT2D eigenvalue weighted by Crippen LogP contribution is -1.91. The molecule has 9 heavy (non-hydrogen) atoms. The van der Waals surface area contributed by atoms with Crippen LogP contribution in [0, 0.1) is 5.92 Å². The lowest BCUT2D eigenvalue weighted by Gasteiger charge is -1.83. The van der Waals surface area contributed by atoms with Gasteiger partial charge in [0.15, 0.2) is 0 Å². The minimum atomic E-state index is 0.756. The van der Waals surface area contributed by atoms with Gasteiger partial charge in [0.2, 0.25) is 0 Å². The molecule has 0 aromatic carbocycles. The van der Waals surface area contributed by atoms with Crippen molar-refractivity contribution < 1.29 is 0 Å². The molecule has 2 aliphatic rings. The van der Waals surface area contributed by atoms with Gasteiger partial charge in [-0.1, -0.05) is 0 Å². The zero-order valence-corrected chi connectivity index (χ0v) is 5.46. The average Bonchev–Trinajstić information content (AvgIpc) is 2.58. The number of allylic oxidation sites excluding steroid dienone is 2. The molecule has 2 rings (SSSR count). The van der Waals surface area contributed by atoms with E-state index in [1.807, 2.05) is 6.92 Å². The van der Waals surface area contributed by atoms with E-state index in [1.165, 1.54) is 18.6 Å². The fraction of sp³-hybridized carbons (Fsp3) is 0.571. The first-order valence-electron chi connectivity index (χ1n) is 3.33. The van der Waals surface area contributed by atoms with Gasteiger partial charge in [-0.05, 0) is 25.8 Å². The highest BCUT2D eigenvalue weighted by Gasteiger charge is 2.28. The van der Waals surface area contributed by atoms with Crippen LogP contribution < -0.4 is 5.43 Å². The quantitative estimate of drug-likeness (QED) is 0.499. The summed E-state index contributed by atoms with van der Waals surface area (Å²) in [5, 5.41) is 4.03. The Morgan fingerprint density at radius 2 is 2.33 bits per heavy atom. The van der Waals surface area contributed by atoms with Crippen molar-refractivity contribution in [1.29, 1.82) is 0 Å². The van der Waals surface area contributed by atoms with E-state index in [2.05, 4.69) is 16.6 Å². The van der Waals surface area contributed by atoms with Crippen molar-refractivity contribution in [2.45, 2.75) is 19.8 Å². The summed E-state index contributed by atoms with van der Waals surface area (Å²) in [6, 6.07) is 0. The largest absolute Gasteiger partial charge is 0.156 e. The first kappa shape index (κ1) is 5.03. The van der Waals surface area contributed by atoms with Crippen molar-refractivity contribution in [3.63, 3.8) is 0 Å². The summed E-state index contributed by atoms with van der Waals surface area (Å²) < 4.78 is 0. The van der Waals surface area contributed by atoms with Gasteiger partial charge in [-0.15, -0.1) is 0 Å². The van der Waals surface area contributed by atoms with Crippen LogP contribution in [0.5, 0.6) is 0 Å². The summed E-state index contributed by atoms with van der Waals surface area (Å²) in [4.78, 5) is 0. The van der Waals surface area contributed by atoms with Crippen molar-refractivity contribution in [1.82, 2.24) is 5.43 Å². The summed E-state index contributed by atoms with van der Waals surface area (Å²) in [7, 11) is 0. The molecule has 1 aliphatic heterocycles. The molecule has 1 heterocycles. The van der Waals surface area contributed by atoms with Gasteiger partial charge in [0.25, 0.3) is 0 Å². The van der Waals surface area contributed by atoms with Crippen LogP contribution in [0.15, 0.2) is 16.9 Å². The van der Waals surface area contributed by atoms with Gasteiger partial charge in [-0.25, -0.2) is 0 Å². The Morgan fingerprint density at radius 1 is 1.56 bits per heavy atom. The van der Waals surface area contributed by atoms with Crippen molar-refractivity contribution in [2.24, 2.45) is 11.0 Å². The van der Waals surface area contributed by atoms with E-state index in [1.54, 1.807) is 0 Å². The van der Waals surface area contributed by atoms with E-state index in [0.717, 1.165) is 11.6 Å². The molecule has 0 saturated heterocycles. The van der Waals surface area contributed by atoms with Gasteiger partial charge in [0.1, 0.15) is 0 Å². The highest BCUT2D eigenvalue weighted by Crippen LogP contribution is 2.32. The van der Waals surface area contributed by atoms with Crippen LogP contribution in [0.2, 0.25) is 0 Å². The Bertz CT molecular complexity index is 187. The van der Waals surface area contributed by atoms with Crippen LogP contribution in [0.25, 0.3) is 0 Å². The maximum atomic E-state index is 4.03. The molecule has 0 bridgehead atoms. The maximum absolute atomic E-state index is 4.03. The van der Waals surface area contributed by atoms with Crippen molar-refractivity contribution >= 4 is 5.71 Å². The smallest absolute Gasteiger partial charge is 0.0680 e. The average molecular weight is 121 g/mol. The van der Waals surface area contributed by atoms with Crippen molar-refractivity contribution in [3.05, 3.63) is 11.8 Å². The third-order valence-electron chi connectivity index (χ3n) is 1.68. The number of nitrogens with zero attached hydrogens (tertiary/aromatic N) is 2. The summed E-state index contributed by atoms with van der Waals surface area (Å²) in [5.74, 6) is 0.756. The van der Waals surface area contributed by atoms with E-state index < -0.39 is 0 Å². The first-order valence-corrected chi connectivity index (χ1v) is 3.33. The minimum absolute atomic E-state index is 0.756. The van der Waals surface area contributed by atoms with Gasteiger partial charge in [0, 0.05) is 5.92 Å². The van der Waals surface area contributed by atoms with Crippen LogP contribution in [-0.4, -0.2) is 5.71 Å². The van der Waals surface area contributed by atoms with Crippen LogP contribution in [0.1, 0.15) is 19.8 Å². The van der Waals surface area contributed by atoms with E-state index in [4.69, 9.17) is 0 Å². The van der Waals surface area contributed by atoms with Crippen LogP contribution in [-0.2, 0) is 0 Å². The Kier molecular flexibility index (Phi) is 0.891. The third kappa shape index (κ3) is 0.846. The van der Waals surface area contributed by atoms with E-state index in [-0.39, 0.29) is 0 Å². The van der Waals surface area contributed by atoms with E-state index in [9.17, 15) is 0 Å². The molecule has 0 atom stereocenters. The zero-order valence-electron chi connectivity index (χ0n) is 5.46. The molecule has 0 aromatic rings. The number of hydrogen-bond acceptors (Lipinski definition) is 1. The lowest BCUT2D eigenvalue weighted by atomic mass is 10.2. The normalized spacial score (nSPS) is 25.0. The predicted octanol–water partition coefficient (Wildman–Crippen LogP) is 1.27. The maximum Gasteiger partial charge on any atom is 0.0680 e. The molecular formula is C7H9N2. The second-order valence-corrected chi connectivity index (χ2v) is 2.68. The fourth-order valence-electron chi connectivity index (χ4n) is 0.987. The topological polar surface area (TPSA) is 26.5 Å². The van der Waals surface area contributed by atoms with E-state index in [0.29, 0.717) is 0 Å².